The Labute approximate surface area is 96.2 Å². The first-order valence-electron chi connectivity index (χ1n) is 6.18. The standard InChI is InChI=1S/C13H20O3/c1-9(14)10-5-3-7-12(2)11(15)6-4-8-13(10,12)16/h10,16H,3-8H2,1-2H3/t10-,12-,13+/m0/s1. The van der Waals surface area contributed by atoms with E-state index >= 15 is 0 Å². The van der Waals surface area contributed by atoms with Crippen LogP contribution in [-0.4, -0.2) is 22.3 Å². The number of carbonyl (C=O) groups is 2. The lowest BCUT2D eigenvalue weighted by Crippen LogP contribution is -2.61. The van der Waals surface area contributed by atoms with Crippen molar-refractivity contribution in [3.8, 4) is 0 Å². The van der Waals surface area contributed by atoms with Crippen LogP contribution in [0.25, 0.3) is 0 Å². The number of rotatable bonds is 1. The van der Waals surface area contributed by atoms with Gasteiger partial charge in [0.25, 0.3) is 0 Å². The Morgan fingerprint density at radius 3 is 2.69 bits per heavy atom. The number of ketones is 2. The summed E-state index contributed by atoms with van der Waals surface area (Å²) in [6.07, 6.45) is 4.20. The summed E-state index contributed by atoms with van der Waals surface area (Å²) in [5, 5.41) is 10.8. The van der Waals surface area contributed by atoms with Gasteiger partial charge in [-0.25, -0.2) is 0 Å². The van der Waals surface area contributed by atoms with E-state index in [1.807, 2.05) is 6.92 Å². The van der Waals surface area contributed by atoms with Crippen molar-refractivity contribution in [3.63, 3.8) is 0 Å². The molecular formula is C13H20O3. The van der Waals surface area contributed by atoms with Gasteiger partial charge in [-0.2, -0.15) is 0 Å². The quantitative estimate of drug-likeness (QED) is 0.739. The molecule has 2 aliphatic rings. The summed E-state index contributed by atoms with van der Waals surface area (Å²) in [5.41, 5.74) is -1.76. The molecule has 2 fully saturated rings. The Bertz CT molecular complexity index is 336. The molecule has 0 aromatic carbocycles. The van der Waals surface area contributed by atoms with E-state index in [2.05, 4.69) is 0 Å². The molecule has 0 aliphatic heterocycles. The third kappa shape index (κ3) is 1.37. The molecule has 16 heavy (non-hydrogen) atoms. The van der Waals surface area contributed by atoms with Gasteiger partial charge < -0.3 is 5.11 Å². The van der Waals surface area contributed by atoms with Gasteiger partial charge in [0.15, 0.2) is 0 Å². The van der Waals surface area contributed by atoms with Crippen molar-refractivity contribution in [2.24, 2.45) is 11.3 Å². The molecule has 0 amide bonds. The largest absolute Gasteiger partial charge is 0.388 e. The van der Waals surface area contributed by atoms with E-state index in [1.54, 1.807) is 0 Å². The van der Waals surface area contributed by atoms with Crippen LogP contribution in [0.1, 0.15) is 52.4 Å². The number of aliphatic hydroxyl groups is 1. The first-order chi connectivity index (χ1) is 7.42. The highest BCUT2D eigenvalue weighted by molar-refractivity contribution is 5.89. The van der Waals surface area contributed by atoms with Gasteiger partial charge in [-0.1, -0.05) is 6.42 Å². The molecule has 0 aromatic heterocycles. The summed E-state index contributed by atoms with van der Waals surface area (Å²) in [7, 11) is 0. The second-order valence-corrected chi connectivity index (χ2v) is 5.59. The molecule has 0 aromatic rings. The lowest BCUT2D eigenvalue weighted by Gasteiger charge is -2.53. The van der Waals surface area contributed by atoms with Crippen molar-refractivity contribution < 1.29 is 14.7 Å². The van der Waals surface area contributed by atoms with E-state index in [9.17, 15) is 14.7 Å². The summed E-state index contributed by atoms with van der Waals surface area (Å²) in [5.74, 6) is -0.161. The maximum absolute atomic E-state index is 12.1. The van der Waals surface area contributed by atoms with Gasteiger partial charge >= 0.3 is 0 Å². The predicted molar refractivity (Wildman–Crippen MR) is 59.9 cm³/mol. The molecule has 1 N–H and O–H groups in total. The molecular weight excluding hydrogens is 204 g/mol. The molecule has 0 radical (unpaired) electrons. The maximum Gasteiger partial charge on any atom is 0.141 e. The van der Waals surface area contributed by atoms with Gasteiger partial charge in [-0.15, -0.1) is 0 Å². The van der Waals surface area contributed by atoms with Crippen LogP contribution in [-0.2, 0) is 9.59 Å². The third-order valence-electron chi connectivity index (χ3n) is 4.77. The van der Waals surface area contributed by atoms with E-state index in [4.69, 9.17) is 0 Å². The minimum atomic E-state index is -1.08. The van der Waals surface area contributed by atoms with E-state index in [0.717, 1.165) is 19.3 Å². The van der Waals surface area contributed by atoms with Gasteiger partial charge in [-0.3, -0.25) is 9.59 Å². The van der Waals surface area contributed by atoms with Crippen molar-refractivity contribution in [1.29, 1.82) is 0 Å². The van der Waals surface area contributed by atoms with Gasteiger partial charge in [0.2, 0.25) is 0 Å². The smallest absolute Gasteiger partial charge is 0.141 e. The summed E-state index contributed by atoms with van der Waals surface area (Å²) in [6.45, 7) is 3.39. The average molecular weight is 224 g/mol. The van der Waals surface area contributed by atoms with Crippen LogP contribution in [0.3, 0.4) is 0 Å². The Balaban J connectivity index is 2.42. The van der Waals surface area contributed by atoms with Crippen LogP contribution >= 0.6 is 0 Å². The monoisotopic (exact) mass is 224 g/mol. The molecule has 0 unspecified atom stereocenters. The summed E-state index contributed by atoms with van der Waals surface area (Å²) in [6, 6.07) is 0. The average Bonchev–Trinajstić information content (AvgIpc) is 2.20. The Morgan fingerprint density at radius 2 is 2.06 bits per heavy atom. The molecule has 0 bridgehead atoms. The van der Waals surface area contributed by atoms with E-state index in [1.165, 1.54) is 6.92 Å². The fraction of sp³-hybridized carbons (Fsp3) is 0.846. The summed E-state index contributed by atoms with van der Waals surface area (Å²) < 4.78 is 0. The minimum Gasteiger partial charge on any atom is -0.388 e. The molecule has 0 heterocycles. The number of Topliss-reactive ketones (excluding diaryl/α,β-unsaturated/α-hetero) is 2. The minimum absolute atomic E-state index is 0.0307. The van der Waals surface area contributed by atoms with Gasteiger partial charge in [-0.05, 0) is 39.5 Å². The third-order valence-corrected chi connectivity index (χ3v) is 4.77. The van der Waals surface area contributed by atoms with Gasteiger partial charge in [0.05, 0.1) is 11.0 Å². The van der Waals surface area contributed by atoms with E-state index in [-0.39, 0.29) is 17.5 Å². The van der Waals surface area contributed by atoms with Crippen LogP contribution in [0.2, 0.25) is 0 Å². The Morgan fingerprint density at radius 1 is 1.38 bits per heavy atom. The maximum atomic E-state index is 12.1. The van der Waals surface area contributed by atoms with Crippen molar-refractivity contribution in [2.45, 2.75) is 58.0 Å². The van der Waals surface area contributed by atoms with Crippen LogP contribution in [0, 0.1) is 11.3 Å². The molecule has 2 saturated carbocycles. The lowest BCUT2D eigenvalue weighted by molar-refractivity contribution is -0.182. The molecule has 90 valence electrons. The second kappa shape index (κ2) is 3.66. The first-order valence-corrected chi connectivity index (χ1v) is 6.18. The zero-order valence-corrected chi connectivity index (χ0v) is 10.1. The highest BCUT2D eigenvalue weighted by Gasteiger charge is 2.60. The molecule has 0 saturated heterocycles. The topological polar surface area (TPSA) is 54.4 Å². The second-order valence-electron chi connectivity index (χ2n) is 5.59. The Hall–Kier alpha value is -0.700. The molecule has 3 heteroatoms. The lowest BCUT2D eigenvalue weighted by atomic mass is 9.52. The Kier molecular flexibility index (Phi) is 2.69. The summed E-state index contributed by atoms with van der Waals surface area (Å²) in [4.78, 5) is 23.7. The van der Waals surface area contributed by atoms with Crippen LogP contribution < -0.4 is 0 Å². The molecule has 3 atom stereocenters. The normalized spacial score (nSPS) is 43.9. The fourth-order valence-corrected chi connectivity index (χ4v) is 3.66. The van der Waals surface area contributed by atoms with Crippen LogP contribution in [0.5, 0.6) is 0 Å². The molecule has 2 rings (SSSR count). The van der Waals surface area contributed by atoms with Crippen molar-refractivity contribution in [1.82, 2.24) is 0 Å². The van der Waals surface area contributed by atoms with Gasteiger partial charge in [0.1, 0.15) is 11.6 Å². The highest BCUT2D eigenvalue weighted by Crippen LogP contribution is 2.53. The number of fused-ring (bicyclic) bond motifs is 1. The highest BCUT2D eigenvalue weighted by atomic mass is 16.3. The molecule has 2 aliphatic carbocycles. The SMILES string of the molecule is CC(=O)[C@@H]1CCC[C@@]2(C)C(=O)CCC[C@@]12O. The fourth-order valence-electron chi connectivity index (χ4n) is 3.66. The zero-order valence-electron chi connectivity index (χ0n) is 10.1. The predicted octanol–water partition coefficient (Wildman–Crippen LogP) is 1.87. The van der Waals surface area contributed by atoms with Crippen LogP contribution in [0.4, 0.5) is 0 Å². The van der Waals surface area contributed by atoms with E-state index < -0.39 is 11.0 Å². The number of hydrogen-bond donors (Lipinski definition) is 1. The first kappa shape index (κ1) is 11.8. The van der Waals surface area contributed by atoms with Gasteiger partial charge in [0, 0.05) is 12.3 Å². The molecule has 0 spiro atoms. The number of hydrogen-bond acceptors (Lipinski definition) is 3. The van der Waals surface area contributed by atoms with E-state index in [0.29, 0.717) is 19.3 Å². The van der Waals surface area contributed by atoms with Crippen molar-refractivity contribution in [2.75, 3.05) is 0 Å². The van der Waals surface area contributed by atoms with Crippen LogP contribution in [0.15, 0.2) is 0 Å². The summed E-state index contributed by atoms with van der Waals surface area (Å²) >= 11 is 0. The molecule has 3 nitrogen and oxygen atoms in total. The number of carbonyl (C=O) groups excluding carboxylic acids is 2. The van der Waals surface area contributed by atoms with Crippen molar-refractivity contribution >= 4 is 11.6 Å². The zero-order chi connectivity index (χ0) is 12.0. The van der Waals surface area contributed by atoms with Crippen molar-refractivity contribution in [3.05, 3.63) is 0 Å².